The molecule has 0 amide bonds. The van der Waals surface area contributed by atoms with Crippen LogP contribution in [-0.2, 0) is 12.8 Å². The summed E-state index contributed by atoms with van der Waals surface area (Å²) in [5, 5.41) is 4.25. The predicted octanol–water partition coefficient (Wildman–Crippen LogP) is 8.42. The van der Waals surface area contributed by atoms with Gasteiger partial charge >= 0.3 is 0 Å². The molecule has 4 aromatic rings. The summed E-state index contributed by atoms with van der Waals surface area (Å²) in [5.74, 6) is 0. The molecule has 6 heteroatoms. The Bertz CT molecular complexity index is 1030. The van der Waals surface area contributed by atoms with Gasteiger partial charge in [0, 0.05) is 0 Å². The Labute approximate surface area is 204 Å². The molecule has 0 nitrogen and oxygen atoms in total. The topological polar surface area (TPSA) is 0 Å². The van der Waals surface area contributed by atoms with Gasteiger partial charge in [0.15, 0.2) is 0 Å². The molecule has 2 heterocycles. The Hall–Kier alpha value is -1.28. The van der Waals surface area contributed by atoms with Crippen LogP contribution in [0.5, 0.6) is 0 Å². The highest BCUT2D eigenvalue weighted by Crippen LogP contribution is 2.37. The lowest BCUT2D eigenvalue weighted by Crippen LogP contribution is -1.97. The first-order chi connectivity index (χ1) is 14.7. The van der Waals surface area contributed by atoms with Crippen LogP contribution in [0.4, 0.5) is 0 Å². The maximum Gasteiger partial charge on any atom is 0.0991 e. The molecule has 30 heavy (non-hydrogen) atoms. The quantitative estimate of drug-likeness (QED) is 0.193. The molecule has 0 aliphatic heterocycles. The van der Waals surface area contributed by atoms with E-state index in [0.29, 0.717) is 0 Å². The first-order valence-electron chi connectivity index (χ1n) is 9.34. The van der Waals surface area contributed by atoms with Crippen LogP contribution in [0, 0.1) is 0 Å². The molecule has 0 fully saturated rings. The first-order valence-corrected chi connectivity index (χ1v) is 14.1. The second kappa shape index (κ2) is 10.8. The van der Waals surface area contributed by atoms with Crippen molar-refractivity contribution < 1.29 is 0 Å². The predicted molar refractivity (Wildman–Crippen MR) is 146 cm³/mol. The molecule has 0 saturated carbocycles. The van der Waals surface area contributed by atoms with Gasteiger partial charge in [-0.25, -0.2) is 0 Å². The van der Waals surface area contributed by atoms with E-state index in [1.807, 2.05) is 12.1 Å². The first kappa shape index (κ1) is 21.9. The lowest BCUT2D eigenvalue weighted by molar-refractivity contribution is 1.21. The van der Waals surface area contributed by atoms with Crippen LogP contribution in [-0.4, -0.2) is 8.39 Å². The second-order valence-corrected chi connectivity index (χ2v) is 11.9. The van der Waals surface area contributed by atoms with Crippen molar-refractivity contribution in [3.8, 4) is 0 Å². The number of thiophene rings is 2. The maximum absolute atomic E-state index is 5.76. The van der Waals surface area contributed by atoms with Gasteiger partial charge in [-0.15, -0.1) is 22.7 Å². The van der Waals surface area contributed by atoms with Crippen molar-refractivity contribution >= 4 is 77.1 Å². The summed E-state index contributed by atoms with van der Waals surface area (Å²) >= 11 is 14.9. The van der Waals surface area contributed by atoms with Crippen LogP contribution in [0.2, 0.25) is 0 Å². The fourth-order valence-corrected chi connectivity index (χ4v) is 8.14. The molecule has 2 aromatic carbocycles. The third kappa shape index (κ3) is 5.69. The van der Waals surface area contributed by atoms with E-state index < -0.39 is 0 Å². The third-order valence-corrected chi connectivity index (χ3v) is 10.6. The summed E-state index contributed by atoms with van der Waals surface area (Å²) in [6.45, 7) is 0. The lowest BCUT2D eigenvalue weighted by Gasteiger charge is -2.07. The summed E-state index contributed by atoms with van der Waals surface area (Å²) in [6, 6.07) is 25.4. The molecule has 4 rings (SSSR count). The molecule has 0 aliphatic carbocycles. The Morgan fingerprint density at radius 2 is 1.00 bits per heavy atom. The molecule has 0 radical (unpaired) electrons. The van der Waals surface area contributed by atoms with E-state index in [0.717, 1.165) is 21.2 Å². The second-order valence-electron chi connectivity index (χ2n) is 6.62. The van der Waals surface area contributed by atoms with E-state index in [9.17, 15) is 0 Å². The van der Waals surface area contributed by atoms with Gasteiger partial charge in [0.25, 0.3) is 0 Å². The number of hydrogen-bond acceptors (Lipinski definition) is 6. The molecule has 150 valence electrons. The summed E-state index contributed by atoms with van der Waals surface area (Å²) < 4.78 is 1.81. The normalized spacial score (nSPS) is 10.8. The van der Waals surface area contributed by atoms with Crippen LogP contribution in [0.15, 0.2) is 83.6 Å². The van der Waals surface area contributed by atoms with Crippen LogP contribution in [0.3, 0.4) is 0 Å². The Morgan fingerprint density at radius 1 is 0.600 bits per heavy atom. The Kier molecular flexibility index (Phi) is 7.93. The fraction of sp³-hybridized carbons (Fsp3) is 0.0833. The molecule has 0 saturated heterocycles. The zero-order valence-electron chi connectivity index (χ0n) is 15.9. The fourth-order valence-electron chi connectivity index (χ4n) is 3.09. The summed E-state index contributed by atoms with van der Waals surface area (Å²) in [5.41, 5.74) is 5.18. The van der Waals surface area contributed by atoms with Crippen LogP contribution >= 0.6 is 68.7 Å². The smallest absolute Gasteiger partial charge is 0.0991 e. The largest absolute Gasteiger partial charge is 0.142 e. The SMILES string of the molecule is S=C(SSC(=S)c1sccc1Cc1ccccc1)c1sccc1Cc1ccccc1. The van der Waals surface area contributed by atoms with Gasteiger partial charge < -0.3 is 0 Å². The monoisotopic (exact) mass is 498 g/mol. The van der Waals surface area contributed by atoms with Gasteiger partial charge in [-0.1, -0.05) is 85.1 Å². The number of thiocarbonyl (C=S) groups is 2. The zero-order chi connectivity index (χ0) is 20.8. The average molecular weight is 499 g/mol. The van der Waals surface area contributed by atoms with Crippen molar-refractivity contribution in [1.82, 2.24) is 0 Å². The van der Waals surface area contributed by atoms with Crippen LogP contribution < -0.4 is 0 Å². The number of hydrogen-bond donors (Lipinski definition) is 0. The van der Waals surface area contributed by atoms with E-state index >= 15 is 0 Å². The maximum atomic E-state index is 5.76. The van der Waals surface area contributed by atoms with Gasteiger partial charge in [0.2, 0.25) is 0 Å². The van der Waals surface area contributed by atoms with Crippen molar-refractivity contribution in [1.29, 1.82) is 0 Å². The molecule has 0 atom stereocenters. The minimum atomic E-state index is 0.904. The zero-order valence-corrected chi connectivity index (χ0v) is 20.8. The van der Waals surface area contributed by atoms with Crippen LogP contribution in [0.25, 0.3) is 0 Å². The highest BCUT2D eigenvalue weighted by atomic mass is 33.1. The Balaban J connectivity index is 1.39. The van der Waals surface area contributed by atoms with Gasteiger partial charge in [0.1, 0.15) is 0 Å². The van der Waals surface area contributed by atoms with Gasteiger partial charge in [-0.05, 0) is 79.6 Å². The minimum absolute atomic E-state index is 0.904. The number of rotatable bonds is 6. The molecule has 0 unspecified atom stereocenters. The molecule has 0 spiro atoms. The molecule has 0 N–H and O–H groups in total. The Morgan fingerprint density at radius 3 is 1.40 bits per heavy atom. The third-order valence-electron chi connectivity index (χ3n) is 4.53. The van der Waals surface area contributed by atoms with Crippen molar-refractivity contribution in [3.63, 3.8) is 0 Å². The highest BCUT2D eigenvalue weighted by molar-refractivity contribution is 8.90. The lowest BCUT2D eigenvalue weighted by atomic mass is 10.1. The van der Waals surface area contributed by atoms with E-state index in [1.165, 1.54) is 32.0 Å². The van der Waals surface area contributed by atoms with E-state index in [2.05, 4.69) is 71.4 Å². The molecular formula is C24H18S6. The van der Waals surface area contributed by atoms with Crippen molar-refractivity contribution in [3.05, 3.63) is 116 Å². The van der Waals surface area contributed by atoms with Gasteiger partial charge in [-0.2, -0.15) is 0 Å². The van der Waals surface area contributed by atoms with E-state index in [1.54, 1.807) is 44.3 Å². The molecule has 0 aliphatic rings. The summed E-state index contributed by atoms with van der Waals surface area (Å²) in [4.78, 5) is 2.37. The average Bonchev–Trinajstić information content (AvgIpc) is 3.43. The summed E-state index contributed by atoms with van der Waals surface area (Å²) in [6.07, 6.45) is 1.81. The molecule has 2 aromatic heterocycles. The van der Waals surface area contributed by atoms with Gasteiger partial charge in [-0.3, -0.25) is 0 Å². The number of benzene rings is 2. The van der Waals surface area contributed by atoms with Gasteiger partial charge in [0.05, 0.1) is 18.1 Å². The standard InChI is InChI=1S/C24H18S6/c25-23(21-19(11-13-27-21)15-17-7-3-1-4-8-17)29-30-24(26)22-20(12-14-28-22)16-18-9-5-2-6-10-18/h1-14H,15-16H2. The summed E-state index contributed by atoms with van der Waals surface area (Å²) in [7, 11) is 3.21. The molecular weight excluding hydrogens is 481 g/mol. The van der Waals surface area contributed by atoms with E-state index in [4.69, 9.17) is 24.4 Å². The minimum Gasteiger partial charge on any atom is -0.142 e. The van der Waals surface area contributed by atoms with E-state index in [-0.39, 0.29) is 0 Å². The molecule has 0 bridgehead atoms. The van der Waals surface area contributed by atoms with Crippen LogP contribution in [0.1, 0.15) is 32.0 Å². The van der Waals surface area contributed by atoms with Crippen molar-refractivity contribution in [2.24, 2.45) is 0 Å². The van der Waals surface area contributed by atoms with Crippen molar-refractivity contribution in [2.45, 2.75) is 12.8 Å². The highest BCUT2D eigenvalue weighted by Gasteiger charge is 2.15. The van der Waals surface area contributed by atoms with Crippen molar-refractivity contribution in [2.75, 3.05) is 0 Å².